The molecule has 1 rings (SSSR count). The van der Waals surface area contributed by atoms with Gasteiger partial charge < -0.3 is 5.32 Å². The zero-order chi connectivity index (χ0) is 11.3. The summed E-state index contributed by atoms with van der Waals surface area (Å²) in [7, 11) is 1.98. The predicted octanol–water partition coefficient (Wildman–Crippen LogP) is 3.00. The van der Waals surface area contributed by atoms with E-state index in [0.717, 1.165) is 12.8 Å². The number of halogens is 1. The lowest BCUT2D eigenvalue weighted by Gasteiger charge is -2.18. The van der Waals surface area contributed by atoms with Crippen molar-refractivity contribution in [2.45, 2.75) is 32.7 Å². The highest BCUT2D eigenvalue weighted by atomic mass is 19.1. The van der Waals surface area contributed by atoms with Crippen molar-refractivity contribution in [1.29, 1.82) is 0 Å². The molecular formula is C13H20FN. The SMILES string of the molecule is CNC(Cc1ccc(F)cc1)CC(C)C. The van der Waals surface area contributed by atoms with Crippen LogP contribution >= 0.6 is 0 Å². The van der Waals surface area contributed by atoms with Gasteiger partial charge in [-0.15, -0.1) is 0 Å². The molecule has 1 aromatic rings. The molecule has 0 heterocycles. The van der Waals surface area contributed by atoms with Gasteiger partial charge in [-0.2, -0.15) is 0 Å². The van der Waals surface area contributed by atoms with Gasteiger partial charge in [0.1, 0.15) is 5.82 Å². The van der Waals surface area contributed by atoms with Crippen LogP contribution in [0.2, 0.25) is 0 Å². The van der Waals surface area contributed by atoms with Crippen LogP contribution in [0, 0.1) is 11.7 Å². The normalized spacial score (nSPS) is 13.1. The van der Waals surface area contributed by atoms with Crippen molar-refractivity contribution < 1.29 is 4.39 Å². The fourth-order valence-electron chi connectivity index (χ4n) is 1.78. The highest BCUT2D eigenvalue weighted by Crippen LogP contribution is 2.11. The maximum absolute atomic E-state index is 12.7. The Balaban J connectivity index is 2.54. The van der Waals surface area contributed by atoms with Crippen molar-refractivity contribution in [3.05, 3.63) is 35.6 Å². The Bertz CT molecular complexity index is 279. The Morgan fingerprint density at radius 1 is 1.20 bits per heavy atom. The summed E-state index contributed by atoms with van der Waals surface area (Å²) in [6.07, 6.45) is 2.11. The Morgan fingerprint density at radius 2 is 1.80 bits per heavy atom. The molecule has 0 fully saturated rings. The van der Waals surface area contributed by atoms with Gasteiger partial charge in [0.05, 0.1) is 0 Å². The smallest absolute Gasteiger partial charge is 0.123 e. The lowest BCUT2D eigenvalue weighted by molar-refractivity contribution is 0.441. The Morgan fingerprint density at radius 3 is 2.27 bits per heavy atom. The predicted molar refractivity (Wildman–Crippen MR) is 62.4 cm³/mol. The largest absolute Gasteiger partial charge is 0.317 e. The number of hydrogen-bond acceptors (Lipinski definition) is 1. The van der Waals surface area contributed by atoms with Gasteiger partial charge in [0, 0.05) is 6.04 Å². The van der Waals surface area contributed by atoms with Crippen molar-refractivity contribution in [1.82, 2.24) is 5.32 Å². The summed E-state index contributed by atoms with van der Waals surface area (Å²) in [5, 5.41) is 3.30. The molecule has 1 nitrogen and oxygen atoms in total. The van der Waals surface area contributed by atoms with Gasteiger partial charge in [0.25, 0.3) is 0 Å². The maximum Gasteiger partial charge on any atom is 0.123 e. The standard InChI is InChI=1S/C13H20FN/c1-10(2)8-13(15-3)9-11-4-6-12(14)7-5-11/h4-7,10,13,15H,8-9H2,1-3H3. The van der Waals surface area contributed by atoms with Crippen molar-refractivity contribution >= 4 is 0 Å². The monoisotopic (exact) mass is 209 g/mol. The van der Waals surface area contributed by atoms with E-state index in [1.54, 1.807) is 0 Å². The maximum atomic E-state index is 12.7. The van der Waals surface area contributed by atoms with Crippen LogP contribution in [0.5, 0.6) is 0 Å². The first-order valence-corrected chi connectivity index (χ1v) is 5.53. The number of likely N-dealkylation sites (N-methyl/N-ethyl adjacent to an activating group) is 1. The third kappa shape index (κ3) is 4.43. The third-order valence-corrected chi connectivity index (χ3v) is 2.56. The second-order valence-electron chi connectivity index (χ2n) is 4.45. The molecule has 0 aliphatic heterocycles. The van der Waals surface area contributed by atoms with Crippen molar-refractivity contribution in [3.63, 3.8) is 0 Å². The summed E-state index contributed by atoms with van der Waals surface area (Å²) in [5.74, 6) is 0.520. The topological polar surface area (TPSA) is 12.0 Å². The van der Waals surface area contributed by atoms with Crippen molar-refractivity contribution in [2.24, 2.45) is 5.92 Å². The highest BCUT2D eigenvalue weighted by Gasteiger charge is 2.09. The minimum Gasteiger partial charge on any atom is -0.317 e. The summed E-state index contributed by atoms with van der Waals surface area (Å²) in [5.41, 5.74) is 1.19. The molecule has 0 radical (unpaired) electrons. The molecule has 0 saturated heterocycles. The first-order chi connectivity index (χ1) is 7.11. The van der Waals surface area contributed by atoms with Crippen LogP contribution in [0.1, 0.15) is 25.8 Å². The summed E-state index contributed by atoms with van der Waals surface area (Å²) in [6.45, 7) is 4.43. The van der Waals surface area contributed by atoms with Crippen LogP contribution in [0.15, 0.2) is 24.3 Å². The van der Waals surface area contributed by atoms with Gasteiger partial charge in [0.15, 0.2) is 0 Å². The average molecular weight is 209 g/mol. The fourth-order valence-corrected chi connectivity index (χ4v) is 1.78. The minimum absolute atomic E-state index is 0.163. The lowest BCUT2D eigenvalue weighted by atomic mass is 9.97. The van der Waals surface area contributed by atoms with E-state index in [1.165, 1.54) is 17.7 Å². The molecule has 1 aromatic carbocycles. The van der Waals surface area contributed by atoms with Gasteiger partial charge in [-0.3, -0.25) is 0 Å². The molecule has 0 spiro atoms. The second-order valence-corrected chi connectivity index (χ2v) is 4.45. The lowest BCUT2D eigenvalue weighted by Crippen LogP contribution is -2.29. The third-order valence-electron chi connectivity index (χ3n) is 2.56. The molecule has 0 saturated carbocycles. The molecule has 15 heavy (non-hydrogen) atoms. The Hall–Kier alpha value is -0.890. The van der Waals surface area contributed by atoms with Crippen LogP contribution in [-0.4, -0.2) is 13.1 Å². The summed E-state index contributed by atoms with van der Waals surface area (Å²) < 4.78 is 12.7. The van der Waals surface area contributed by atoms with E-state index in [-0.39, 0.29) is 5.82 Å². The van der Waals surface area contributed by atoms with Crippen LogP contribution in [0.4, 0.5) is 4.39 Å². The molecule has 1 unspecified atom stereocenters. The van der Waals surface area contributed by atoms with E-state index in [9.17, 15) is 4.39 Å². The van der Waals surface area contributed by atoms with Crippen LogP contribution in [-0.2, 0) is 6.42 Å². The van der Waals surface area contributed by atoms with E-state index in [0.29, 0.717) is 12.0 Å². The van der Waals surface area contributed by atoms with Gasteiger partial charge in [0.2, 0.25) is 0 Å². The quantitative estimate of drug-likeness (QED) is 0.786. The van der Waals surface area contributed by atoms with Gasteiger partial charge >= 0.3 is 0 Å². The van der Waals surface area contributed by atoms with E-state index in [4.69, 9.17) is 0 Å². The molecule has 0 aliphatic carbocycles. The van der Waals surface area contributed by atoms with Gasteiger partial charge in [-0.05, 0) is 43.5 Å². The van der Waals surface area contributed by atoms with E-state index in [1.807, 2.05) is 19.2 Å². The molecule has 1 atom stereocenters. The van der Waals surface area contributed by atoms with Crippen LogP contribution < -0.4 is 5.32 Å². The molecular weight excluding hydrogens is 189 g/mol. The van der Waals surface area contributed by atoms with E-state index in [2.05, 4.69) is 19.2 Å². The van der Waals surface area contributed by atoms with Gasteiger partial charge in [-0.1, -0.05) is 26.0 Å². The Labute approximate surface area is 91.7 Å². The molecule has 2 heteroatoms. The number of hydrogen-bond donors (Lipinski definition) is 1. The van der Waals surface area contributed by atoms with Crippen molar-refractivity contribution in [2.75, 3.05) is 7.05 Å². The van der Waals surface area contributed by atoms with E-state index >= 15 is 0 Å². The molecule has 0 bridgehead atoms. The zero-order valence-corrected chi connectivity index (χ0v) is 9.76. The van der Waals surface area contributed by atoms with E-state index < -0.39 is 0 Å². The first-order valence-electron chi connectivity index (χ1n) is 5.53. The van der Waals surface area contributed by atoms with Crippen molar-refractivity contribution in [3.8, 4) is 0 Å². The fraction of sp³-hybridized carbons (Fsp3) is 0.538. The summed E-state index contributed by atoms with van der Waals surface area (Å²) >= 11 is 0. The highest BCUT2D eigenvalue weighted by molar-refractivity contribution is 5.17. The summed E-state index contributed by atoms with van der Waals surface area (Å²) in [6, 6.07) is 7.25. The van der Waals surface area contributed by atoms with Crippen LogP contribution in [0.3, 0.4) is 0 Å². The molecule has 0 aromatic heterocycles. The number of benzene rings is 1. The average Bonchev–Trinajstić information content (AvgIpc) is 2.19. The number of rotatable bonds is 5. The minimum atomic E-state index is -0.163. The summed E-state index contributed by atoms with van der Waals surface area (Å²) in [4.78, 5) is 0. The second kappa shape index (κ2) is 5.86. The first kappa shape index (κ1) is 12.2. The molecule has 84 valence electrons. The Kier molecular flexibility index (Phi) is 4.76. The number of nitrogens with one attached hydrogen (secondary N) is 1. The molecule has 0 amide bonds. The van der Waals surface area contributed by atoms with Gasteiger partial charge in [-0.25, -0.2) is 4.39 Å². The van der Waals surface area contributed by atoms with Crippen LogP contribution in [0.25, 0.3) is 0 Å². The molecule has 0 aliphatic rings. The molecule has 1 N–H and O–H groups in total. The zero-order valence-electron chi connectivity index (χ0n) is 9.76.